The van der Waals surface area contributed by atoms with Gasteiger partial charge >= 0.3 is 5.97 Å². The number of hydrogen-bond donors (Lipinski definition) is 4. The standard InChI is InChI=1S/C17H17N9O4S3/c1-2-3-25-17(22-23-24-25)33-5-7-4-31-14-10(13(28)26(14)11(7)15(29)30)21-12(27)9(18)8-6-32-16(19)20-8/h1,6,9-10,14H,3-5,18H2,(H2,19,20)(H,21,27)(H,29,30)/t9?,10?,14-/m1/s1. The summed E-state index contributed by atoms with van der Waals surface area (Å²) in [4.78, 5) is 42.5. The van der Waals surface area contributed by atoms with Gasteiger partial charge in [-0.1, -0.05) is 17.7 Å². The number of thiazole rings is 1. The number of anilines is 1. The first-order chi connectivity index (χ1) is 15.8. The minimum absolute atomic E-state index is 0.103. The molecule has 2 aromatic heterocycles. The van der Waals surface area contributed by atoms with Crippen LogP contribution in [0, 0.1) is 12.3 Å². The number of fused-ring (bicyclic) bond motifs is 1. The SMILES string of the molecule is C#CCn1nnnc1SCC1=C(C(=O)O)N2C(=O)C(NC(=O)C(N)c3csc(N)n3)[C@H]2SC1. The average Bonchev–Trinajstić information content (AvgIpc) is 3.43. The molecular formula is C17H17N9O4S3. The second kappa shape index (κ2) is 9.39. The molecule has 1 fully saturated rings. The molecule has 4 rings (SSSR count). The number of hydrogen-bond acceptors (Lipinski definition) is 12. The lowest BCUT2D eigenvalue weighted by molar-refractivity contribution is -0.150. The maximum atomic E-state index is 12.8. The van der Waals surface area contributed by atoms with Crippen LogP contribution in [0.25, 0.3) is 0 Å². The lowest BCUT2D eigenvalue weighted by atomic mass is 10.0. The Kier molecular flexibility index (Phi) is 6.56. The number of aliphatic carboxylic acids is 1. The zero-order valence-electron chi connectivity index (χ0n) is 16.7. The number of nitrogens with two attached hydrogens (primary N) is 2. The van der Waals surface area contributed by atoms with Crippen LogP contribution >= 0.6 is 34.9 Å². The zero-order valence-corrected chi connectivity index (χ0v) is 19.2. The van der Waals surface area contributed by atoms with Gasteiger partial charge in [-0.15, -0.1) is 34.6 Å². The minimum atomic E-state index is -1.23. The van der Waals surface area contributed by atoms with Crippen LogP contribution in [-0.2, 0) is 20.9 Å². The molecule has 2 unspecified atom stereocenters. The van der Waals surface area contributed by atoms with E-state index >= 15 is 0 Å². The monoisotopic (exact) mass is 507 g/mol. The lowest BCUT2D eigenvalue weighted by Crippen LogP contribution is -2.71. The number of terminal acetylenes is 1. The summed E-state index contributed by atoms with van der Waals surface area (Å²) in [6.45, 7) is 0.179. The van der Waals surface area contributed by atoms with Crippen LogP contribution in [0.3, 0.4) is 0 Å². The minimum Gasteiger partial charge on any atom is -0.477 e. The van der Waals surface area contributed by atoms with E-state index in [1.165, 1.54) is 33.1 Å². The van der Waals surface area contributed by atoms with Crippen molar-refractivity contribution < 1.29 is 19.5 Å². The van der Waals surface area contributed by atoms with E-state index in [-0.39, 0.29) is 23.1 Å². The number of carboxylic acid groups (broad SMARTS) is 1. The summed E-state index contributed by atoms with van der Waals surface area (Å²) in [6, 6.07) is -1.99. The Labute approximate surface area is 199 Å². The summed E-state index contributed by atoms with van der Waals surface area (Å²) in [7, 11) is 0. The Morgan fingerprint density at radius 2 is 2.27 bits per heavy atom. The molecule has 1 saturated heterocycles. The number of aromatic nitrogens is 5. The van der Waals surface area contributed by atoms with E-state index in [4.69, 9.17) is 17.9 Å². The highest BCUT2D eigenvalue weighted by atomic mass is 32.2. The molecule has 0 spiro atoms. The first-order valence-corrected chi connectivity index (χ1v) is 12.2. The number of nitrogens with one attached hydrogen (secondary N) is 1. The number of carbonyl (C=O) groups excluding carboxylic acids is 2. The van der Waals surface area contributed by atoms with Gasteiger partial charge < -0.3 is 21.9 Å². The van der Waals surface area contributed by atoms with Crippen LogP contribution in [-0.4, -0.2) is 75.9 Å². The third kappa shape index (κ3) is 4.39. The smallest absolute Gasteiger partial charge is 0.352 e. The molecule has 16 heteroatoms. The fourth-order valence-electron chi connectivity index (χ4n) is 3.25. The largest absolute Gasteiger partial charge is 0.477 e. The third-order valence-corrected chi connectivity index (χ3v) is 7.88. The summed E-state index contributed by atoms with van der Waals surface area (Å²) in [5.74, 6) is 0.684. The predicted molar refractivity (Wildman–Crippen MR) is 121 cm³/mol. The van der Waals surface area contributed by atoms with Gasteiger partial charge in [0, 0.05) is 16.9 Å². The average molecular weight is 508 g/mol. The number of nitrogens with zero attached hydrogens (tertiary/aromatic N) is 6. The van der Waals surface area contributed by atoms with Gasteiger partial charge in [-0.3, -0.25) is 14.5 Å². The van der Waals surface area contributed by atoms with Crippen LogP contribution in [0.1, 0.15) is 11.7 Å². The number of β-lactam (4-membered cyclic amide) rings is 1. The Bertz CT molecular complexity index is 1190. The molecule has 3 atom stereocenters. The quantitative estimate of drug-likeness (QED) is 0.191. The molecule has 0 saturated carbocycles. The highest BCUT2D eigenvalue weighted by Gasteiger charge is 2.54. The highest BCUT2D eigenvalue weighted by Crippen LogP contribution is 2.41. The number of thioether (sulfide) groups is 2. The molecule has 0 bridgehead atoms. The second-order valence-electron chi connectivity index (χ2n) is 6.85. The molecule has 0 aromatic carbocycles. The molecular weight excluding hydrogens is 490 g/mol. The van der Waals surface area contributed by atoms with Gasteiger partial charge in [0.25, 0.3) is 5.91 Å². The van der Waals surface area contributed by atoms with Crippen molar-refractivity contribution in [2.45, 2.75) is 29.2 Å². The number of tetrazole rings is 1. The van der Waals surface area contributed by atoms with Crippen LogP contribution in [0.2, 0.25) is 0 Å². The maximum absolute atomic E-state index is 12.8. The third-order valence-electron chi connectivity index (χ3n) is 4.80. The van der Waals surface area contributed by atoms with E-state index in [0.717, 1.165) is 11.3 Å². The summed E-state index contributed by atoms with van der Waals surface area (Å²) in [5.41, 5.74) is 12.2. The molecule has 33 heavy (non-hydrogen) atoms. The van der Waals surface area contributed by atoms with Crippen molar-refractivity contribution in [3.8, 4) is 12.3 Å². The van der Waals surface area contributed by atoms with Crippen molar-refractivity contribution in [3.05, 3.63) is 22.3 Å². The Morgan fingerprint density at radius 1 is 1.48 bits per heavy atom. The van der Waals surface area contributed by atoms with Crippen LogP contribution in [0.4, 0.5) is 5.13 Å². The van der Waals surface area contributed by atoms with E-state index in [9.17, 15) is 19.5 Å². The summed E-state index contributed by atoms with van der Waals surface area (Å²) in [5, 5.41) is 25.3. The lowest BCUT2D eigenvalue weighted by Gasteiger charge is -2.49. The van der Waals surface area contributed by atoms with Crippen molar-refractivity contribution in [3.63, 3.8) is 0 Å². The van der Waals surface area contributed by atoms with E-state index in [2.05, 4.69) is 31.7 Å². The molecule has 2 aliphatic heterocycles. The molecule has 4 heterocycles. The maximum Gasteiger partial charge on any atom is 0.352 e. The normalized spacial score (nSPS) is 20.6. The second-order valence-corrected chi connectivity index (χ2v) is 9.79. The van der Waals surface area contributed by atoms with E-state index in [1.54, 1.807) is 5.38 Å². The number of carbonyl (C=O) groups is 3. The van der Waals surface area contributed by atoms with Gasteiger partial charge in [-0.2, -0.15) is 0 Å². The molecule has 13 nitrogen and oxygen atoms in total. The molecule has 0 aliphatic carbocycles. The van der Waals surface area contributed by atoms with Crippen LogP contribution in [0.15, 0.2) is 21.8 Å². The fourth-order valence-corrected chi connectivity index (χ4v) is 6.21. The Hall–Kier alpha value is -3.13. The van der Waals surface area contributed by atoms with Gasteiger partial charge in [0.2, 0.25) is 11.1 Å². The van der Waals surface area contributed by atoms with Gasteiger partial charge in [0.15, 0.2) is 5.13 Å². The van der Waals surface area contributed by atoms with Gasteiger partial charge in [-0.05, 0) is 16.0 Å². The van der Waals surface area contributed by atoms with Crippen molar-refractivity contribution in [1.29, 1.82) is 0 Å². The Balaban J connectivity index is 1.45. The van der Waals surface area contributed by atoms with Crippen molar-refractivity contribution in [2.24, 2.45) is 5.73 Å². The summed E-state index contributed by atoms with van der Waals surface area (Å²) in [6.07, 6.45) is 5.29. The van der Waals surface area contributed by atoms with E-state index in [0.29, 0.717) is 22.2 Å². The topological polar surface area (TPSA) is 195 Å². The molecule has 0 radical (unpaired) electrons. The summed E-state index contributed by atoms with van der Waals surface area (Å²) < 4.78 is 1.42. The van der Waals surface area contributed by atoms with E-state index in [1.807, 2.05) is 0 Å². The Morgan fingerprint density at radius 3 is 2.94 bits per heavy atom. The molecule has 6 N–H and O–H groups in total. The van der Waals surface area contributed by atoms with Gasteiger partial charge in [0.1, 0.15) is 29.7 Å². The molecule has 172 valence electrons. The zero-order chi connectivity index (χ0) is 23.7. The van der Waals surface area contributed by atoms with Crippen molar-refractivity contribution >= 4 is 57.8 Å². The van der Waals surface area contributed by atoms with Crippen LogP contribution < -0.4 is 16.8 Å². The number of rotatable bonds is 8. The number of amides is 2. The first kappa shape index (κ1) is 23.0. The predicted octanol–water partition coefficient (Wildman–Crippen LogP) is -1.12. The molecule has 2 aromatic rings. The summed E-state index contributed by atoms with van der Waals surface area (Å²) >= 11 is 3.72. The molecule has 2 amide bonds. The molecule has 2 aliphatic rings. The van der Waals surface area contributed by atoms with Crippen molar-refractivity contribution in [1.82, 2.24) is 35.4 Å². The van der Waals surface area contributed by atoms with Crippen LogP contribution in [0.5, 0.6) is 0 Å². The first-order valence-electron chi connectivity index (χ1n) is 9.31. The fraction of sp³-hybridized carbons (Fsp3) is 0.353. The number of carboxylic acids is 1. The highest BCUT2D eigenvalue weighted by molar-refractivity contribution is 8.01. The van der Waals surface area contributed by atoms with Gasteiger partial charge in [0.05, 0.1) is 5.69 Å². The van der Waals surface area contributed by atoms with E-state index < -0.39 is 35.2 Å². The van der Waals surface area contributed by atoms with Crippen molar-refractivity contribution in [2.75, 3.05) is 17.2 Å². The number of nitrogen functional groups attached to an aromatic ring is 1. The van der Waals surface area contributed by atoms with Gasteiger partial charge in [-0.25, -0.2) is 14.5 Å².